The van der Waals surface area contributed by atoms with Gasteiger partial charge >= 0.3 is 5.97 Å². The molecule has 6 heteroatoms. The summed E-state index contributed by atoms with van der Waals surface area (Å²) >= 11 is 0. The molecule has 0 aliphatic carbocycles. The van der Waals surface area contributed by atoms with Crippen LogP contribution in [0.3, 0.4) is 0 Å². The summed E-state index contributed by atoms with van der Waals surface area (Å²) in [6, 6.07) is 7.68. The van der Waals surface area contributed by atoms with Crippen molar-refractivity contribution in [2.45, 2.75) is 20.3 Å². The van der Waals surface area contributed by atoms with Crippen LogP contribution in [-0.4, -0.2) is 35.1 Å². The summed E-state index contributed by atoms with van der Waals surface area (Å²) in [4.78, 5) is 27.6. The Bertz CT molecular complexity index is 830. The van der Waals surface area contributed by atoms with Gasteiger partial charge in [0.2, 0.25) is 0 Å². The molecular formula is C19H20N2O4. The smallest absolute Gasteiger partial charge is 0.310 e. The predicted octanol–water partition coefficient (Wildman–Crippen LogP) is 2.52. The molecule has 0 bridgehead atoms. The largest absolute Gasteiger partial charge is 0.493 e. The molecule has 25 heavy (non-hydrogen) atoms. The minimum Gasteiger partial charge on any atom is -0.493 e. The molecule has 1 amide bonds. The van der Waals surface area contributed by atoms with E-state index in [0.717, 1.165) is 28.9 Å². The van der Waals surface area contributed by atoms with Crippen LogP contribution in [0.25, 0.3) is 11.1 Å². The number of aliphatic carboxylic acids is 1. The average molecular weight is 340 g/mol. The van der Waals surface area contributed by atoms with E-state index in [-0.39, 0.29) is 12.5 Å². The lowest BCUT2D eigenvalue weighted by Gasteiger charge is -2.19. The summed E-state index contributed by atoms with van der Waals surface area (Å²) in [7, 11) is 0. The number of rotatable bonds is 5. The first-order chi connectivity index (χ1) is 11.9. The molecule has 0 saturated carbocycles. The third-order valence-electron chi connectivity index (χ3n) is 4.29. The quantitative estimate of drug-likeness (QED) is 0.873. The summed E-state index contributed by atoms with van der Waals surface area (Å²) in [6.07, 6.45) is 4.06. The van der Waals surface area contributed by atoms with Crippen molar-refractivity contribution in [1.29, 1.82) is 0 Å². The fourth-order valence-electron chi connectivity index (χ4n) is 2.57. The first-order valence-corrected chi connectivity index (χ1v) is 8.09. The molecule has 1 aliphatic rings. The highest BCUT2D eigenvalue weighted by atomic mass is 16.5. The van der Waals surface area contributed by atoms with E-state index < -0.39 is 11.4 Å². The number of pyridine rings is 1. The number of carbonyl (C=O) groups excluding carboxylic acids is 1. The first kappa shape index (κ1) is 17.0. The van der Waals surface area contributed by atoms with Gasteiger partial charge in [0.15, 0.2) is 0 Å². The second-order valence-corrected chi connectivity index (χ2v) is 6.75. The number of aromatic nitrogens is 1. The van der Waals surface area contributed by atoms with Crippen LogP contribution < -0.4 is 10.1 Å². The van der Waals surface area contributed by atoms with E-state index in [2.05, 4.69) is 16.4 Å². The molecule has 130 valence electrons. The van der Waals surface area contributed by atoms with E-state index in [1.165, 1.54) is 6.20 Å². The molecule has 2 aromatic rings. The van der Waals surface area contributed by atoms with Crippen molar-refractivity contribution in [3.63, 3.8) is 0 Å². The highest BCUT2D eigenvalue weighted by molar-refractivity contribution is 5.95. The van der Waals surface area contributed by atoms with E-state index in [0.29, 0.717) is 12.2 Å². The van der Waals surface area contributed by atoms with Gasteiger partial charge in [0.1, 0.15) is 5.75 Å². The number of amides is 1. The van der Waals surface area contributed by atoms with Crippen molar-refractivity contribution in [3.8, 4) is 16.9 Å². The van der Waals surface area contributed by atoms with Gasteiger partial charge in [0.25, 0.3) is 5.91 Å². The van der Waals surface area contributed by atoms with Gasteiger partial charge in [0, 0.05) is 30.9 Å². The van der Waals surface area contributed by atoms with Gasteiger partial charge in [-0.3, -0.25) is 14.6 Å². The molecule has 0 atom stereocenters. The van der Waals surface area contributed by atoms with E-state index in [1.807, 2.05) is 12.1 Å². The van der Waals surface area contributed by atoms with Gasteiger partial charge in [-0.25, -0.2) is 0 Å². The van der Waals surface area contributed by atoms with Crippen LogP contribution in [0, 0.1) is 5.41 Å². The molecule has 3 rings (SSSR count). The fourth-order valence-corrected chi connectivity index (χ4v) is 2.57. The summed E-state index contributed by atoms with van der Waals surface area (Å²) < 4.78 is 5.51. The van der Waals surface area contributed by atoms with Crippen LogP contribution in [-0.2, 0) is 11.2 Å². The molecule has 2 heterocycles. The number of carboxylic acid groups (broad SMARTS) is 1. The Morgan fingerprint density at radius 1 is 1.24 bits per heavy atom. The summed E-state index contributed by atoms with van der Waals surface area (Å²) in [5.74, 6) is -0.394. The number of fused-ring (bicyclic) bond motifs is 1. The number of ether oxygens (including phenoxy) is 1. The molecule has 0 spiro atoms. The molecule has 2 N–H and O–H groups in total. The minimum atomic E-state index is -1.03. The zero-order valence-corrected chi connectivity index (χ0v) is 14.2. The second-order valence-electron chi connectivity index (χ2n) is 6.75. The molecule has 0 fully saturated rings. The third kappa shape index (κ3) is 3.63. The van der Waals surface area contributed by atoms with Crippen LogP contribution in [0.4, 0.5) is 0 Å². The monoisotopic (exact) mass is 340 g/mol. The lowest BCUT2D eigenvalue weighted by Crippen LogP contribution is -2.38. The topological polar surface area (TPSA) is 88.5 Å². The van der Waals surface area contributed by atoms with Gasteiger partial charge < -0.3 is 15.2 Å². The Labute approximate surface area is 145 Å². The maximum Gasteiger partial charge on any atom is 0.310 e. The van der Waals surface area contributed by atoms with Gasteiger partial charge in [0.05, 0.1) is 17.6 Å². The molecule has 0 saturated heterocycles. The van der Waals surface area contributed by atoms with Crippen molar-refractivity contribution < 1.29 is 19.4 Å². The van der Waals surface area contributed by atoms with Crippen LogP contribution in [0.15, 0.2) is 36.7 Å². The van der Waals surface area contributed by atoms with E-state index in [9.17, 15) is 9.59 Å². The van der Waals surface area contributed by atoms with Crippen molar-refractivity contribution in [2.75, 3.05) is 13.2 Å². The fraction of sp³-hybridized carbons (Fsp3) is 0.316. The molecule has 0 unspecified atom stereocenters. The standard InChI is InChI=1S/C19H20N2O4/c1-19(2,18(23)24)11-21-17(22)15-8-14(9-20-10-15)12-3-4-16-13(7-12)5-6-25-16/h3-4,7-10H,5-6,11H2,1-2H3,(H,21,22)(H,23,24). The molecule has 1 aromatic heterocycles. The van der Waals surface area contributed by atoms with Crippen molar-refractivity contribution in [3.05, 3.63) is 47.8 Å². The molecule has 0 radical (unpaired) electrons. The number of carboxylic acids is 1. The number of hydrogen-bond donors (Lipinski definition) is 2. The van der Waals surface area contributed by atoms with Crippen molar-refractivity contribution in [1.82, 2.24) is 10.3 Å². The average Bonchev–Trinajstić information content (AvgIpc) is 3.07. The zero-order valence-electron chi connectivity index (χ0n) is 14.2. The zero-order chi connectivity index (χ0) is 18.0. The van der Waals surface area contributed by atoms with Crippen molar-refractivity contribution in [2.24, 2.45) is 5.41 Å². The second kappa shape index (κ2) is 6.55. The SMILES string of the molecule is CC(C)(CNC(=O)c1cncc(-c2ccc3c(c2)CCO3)c1)C(=O)O. The summed E-state index contributed by atoms with van der Waals surface area (Å²) in [5.41, 5.74) is 2.32. The highest BCUT2D eigenvalue weighted by Gasteiger charge is 2.27. The highest BCUT2D eigenvalue weighted by Crippen LogP contribution is 2.30. The van der Waals surface area contributed by atoms with Gasteiger partial charge in [-0.15, -0.1) is 0 Å². The molecule has 6 nitrogen and oxygen atoms in total. The van der Waals surface area contributed by atoms with Crippen LogP contribution in [0.5, 0.6) is 5.75 Å². The normalized spacial score (nSPS) is 13.0. The Balaban J connectivity index is 1.77. The van der Waals surface area contributed by atoms with Gasteiger partial charge in [-0.1, -0.05) is 6.07 Å². The first-order valence-electron chi connectivity index (χ1n) is 8.09. The molecule has 1 aliphatic heterocycles. The van der Waals surface area contributed by atoms with Crippen molar-refractivity contribution >= 4 is 11.9 Å². The lowest BCUT2D eigenvalue weighted by atomic mass is 9.94. The van der Waals surface area contributed by atoms with Gasteiger partial charge in [-0.2, -0.15) is 0 Å². The summed E-state index contributed by atoms with van der Waals surface area (Å²) in [6.45, 7) is 3.87. The van der Waals surface area contributed by atoms with E-state index in [1.54, 1.807) is 26.1 Å². The maximum absolute atomic E-state index is 12.3. The van der Waals surface area contributed by atoms with E-state index >= 15 is 0 Å². The number of nitrogens with zero attached hydrogens (tertiary/aromatic N) is 1. The Morgan fingerprint density at radius 2 is 2.04 bits per heavy atom. The molecular weight excluding hydrogens is 320 g/mol. The number of carbonyl (C=O) groups is 2. The summed E-state index contributed by atoms with van der Waals surface area (Å²) in [5, 5.41) is 11.8. The van der Waals surface area contributed by atoms with Crippen LogP contribution >= 0.6 is 0 Å². The lowest BCUT2D eigenvalue weighted by molar-refractivity contribution is -0.146. The minimum absolute atomic E-state index is 0.0432. The Morgan fingerprint density at radius 3 is 2.80 bits per heavy atom. The third-order valence-corrected chi connectivity index (χ3v) is 4.29. The number of hydrogen-bond acceptors (Lipinski definition) is 4. The van der Waals surface area contributed by atoms with Gasteiger partial charge in [-0.05, 0) is 43.2 Å². The van der Waals surface area contributed by atoms with Crippen LogP contribution in [0.1, 0.15) is 29.8 Å². The van der Waals surface area contributed by atoms with E-state index in [4.69, 9.17) is 9.84 Å². The predicted molar refractivity (Wildman–Crippen MR) is 92.6 cm³/mol. The molecule has 1 aromatic carbocycles. The number of nitrogens with one attached hydrogen (secondary N) is 1. The number of benzene rings is 1. The van der Waals surface area contributed by atoms with Crippen LogP contribution in [0.2, 0.25) is 0 Å². The Hall–Kier alpha value is -2.89. The maximum atomic E-state index is 12.3. The Kier molecular flexibility index (Phi) is 4.44.